The summed E-state index contributed by atoms with van der Waals surface area (Å²) in [5.74, 6) is -0.319. The number of hydrogen-bond acceptors (Lipinski definition) is 2. The predicted octanol–water partition coefficient (Wildman–Crippen LogP) is 1.96. The third kappa shape index (κ3) is 3.01. The topological polar surface area (TPSA) is 54.3 Å². The Morgan fingerprint density at radius 2 is 2.32 bits per heavy atom. The van der Waals surface area contributed by atoms with Crippen molar-refractivity contribution < 1.29 is 9.18 Å². The van der Waals surface area contributed by atoms with Crippen molar-refractivity contribution in [3.05, 3.63) is 40.6 Å². The highest BCUT2D eigenvalue weighted by Crippen LogP contribution is 2.11. The molecule has 102 valence electrons. The van der Waals surface area contributed by atoms with Gasteiger partial charge in [-0.1, -0.05) is 0 Å². The van der Waals surface area contributed by atoms with Gasteiger partial charge < -0.3 is 14.8 Å². The Morgan fingerprint density at radius 1 is 1.53 bits per heavy atom. The molecule has 2 amide bonds. The second-order valence-corrected chi connectivity index (χ2v) is 4.30. The molecule has 1 aliphatic heterocycles. The van der Waals surface area contributed by atoms with E-state index < -0.39 is 6.03 Å². The summed E-state index contributed by atoms with van der Waals surface area (Å²) < 4.78 is 14.6. The van der Waals surface area contributed by atoms with Gasteiger partial charge >= 0.3 is 6.03 Å². The molecular weight excluding hydrogens is 249 g/mol. The Hall–Kier alpha value is -2.11. The fraction of sp³-hybridized carbons (Fsp3) is 0.385. The maximum atomic E-state index is 13.1. The van der Waals surface area contributed by atoms with E-state index in [9.17, 15) is 14.0 Å². The number of nitrogens with zero attached hydrogens (tertiary/aromatic N) is 2. The predicted molar refractivity (Wildman–Crippen MR) is 70.8 cm³/mol. The summed E-state index contributed by atoms with van der Waals surface area (Å²) in [6.07, 6.45) is 3.62. The van der Waals surface area contributed by atoms with Crippen LogP contribution in [0.3, 0.4) is 0 Å². The van der Waals surface area contributed by atoms with Crippen molar-refractivity contribution in [1.29, 1.82) is 0 Å². The highest BCUT2D eigenvalue weighted by molar-refractivity contribution is 5.89. The number of hydrogen-bond donors (Lipinski definition) is 1. The summed E-state index contributed by atoms with van der Waals surface area (Å²) in [5.41, 5.74) is -0.0457. The molecule has 0 saturated carbocycles. The molecule has 0 spiro atoms. The van der Waals surface area contributed by atoms with E-state index in [4.69, 9.17) is 0 Å². The normalized spacial score (nSPS) is 15.1. The van der Waals surface area contributed by atoms with Gasteiger partial charge in [0, 0.05) is 19.3 Å². The molecule has 0 unspecified atom stereocenters. The largest absolute Gasteiger partial charge is 0.322 e. The highest BCUT2D eigenvalue weighted by Gasteiger charge is 2.19. The number of amides is 2. The van der Waals surface area contributed by atoms with E-state index in [2.05, 4.69) is 5.32 Å². The lowest BCUT2D eigenvalue weighted by Gasteiger charge is -2.24. The standard InChI is InChI=1S/C13H16FN3O2/c1-2-16-7-4-6-11(12(16)18)15-13(19)17-8-3-5-10(14)9-17/h4-7H,2-3,8-9H2,1H3,(H,15,19). The minimum Gasteiger partial charge on any atom is -0.318 e. The van der Waals surface area contributed by atoms with Crippen LogP contribution in [-0.2, 0) is 6.54 Å². The van der Waals surface area contributed by atoms with Crippen LogP contribution in [0.5, 0.6) is 0 Å². The van der Waals surface area contributed by atoms with E-state index in [0.29, 0.717) is 19.5 Å². The van der Waals surface area contributed by atoms with Crippen LogP contribution in [0.25, 0.3) is 0 Å². The van der Waals surface area contributed by atoms with Crippen molar-refractivity contribution >= 4 is 11.7 Å². The van der Waals surface area contributed by atoms with E-state index in [1.165, 1.54) is 15.5 Å². The summed E-state index contributed by atoms with van der Waals surface area (Å²) in [4.78, 5) is 25.2. The summed E-state index contributed by atoms with van der Waals surface area (Å²) in [7, 11) is 0. The number of anilines is 1. The van der Waals surface area contributed by atoms with Gasteiger partial charge in [0.1, 0.15) is 11.5 Å². The van der Waals surface area contributed by atoms with Crippen molar-refractivity contribution in [3.63, 3.8) is 0 Å². The number of aromatic nitrogens is 1. The van der Waals surface area contributed by atoms with Gasteiger partial charge in [0.2, 0.25) is 0 Å². The molecule has 1 aromatic rings. The van der Waals surface area contributed by atoms with Crippen LogP contribution in [0, 0.1) is 0 Å². The van der Waals surface area contributed by atoms with Gasteiger partial charge in [-0.05, 0) is 31.6 Å². The second-order valence-electron chi connectivity index (χ2n) is 4.30. The van der Waals surface area contributed by atoms with Gasteiger partial charge in [-0.25, -0.2) is 9.18 Å². The molecule has 0 atom stereocenters. The SMILES string of the molecule is CCn1cccc(NC(=O)N2CCC=C(F)C2)c1=O. The summed E-state index contributed by atoms with van der Waals surface area (Å²) in [5, 5.41) is 2.53. The van der Waals surface area contributed by atoms with Crippen molar-refractivity contribution in [3.8, 4) is 0 Å². The molecular formula is C13H16FN3O2. The first-order chi connectivity index (χ1) is 9.11. The molecule has 5 nitrogen and oxygen atoms in total. The van der Waals surface area contributed by atoms with Gasteiger partial charge in [0.25, 0.3) is 5.56 Å². The molecule has 19 heavy (non-hydrogen) atoms. The van der Waals surface area contributed by atoms with Gasteiger partial charge in [-0.2, -0.15) is 0 Å². The van der Waals surface area contributed by atoms with Crippen LogP contribution in [0.15, 0.2) is 35.0 Å². The number of aryl methyl sites for hydroxylation is 1. The van der Waals surface area contributed by atoms with E-state index in [-0.39, 0.29) is 23.6 Å². The van der Waals surface area contributed by atoms with E-state index in [1.54, 1.807) is 18.3 Å². The fourth-order valence-corrected chi connectivity index (χ4v) is 1.95. The zero-order valence-corrected chi connectivity index (χ0v) is 10.7. The Bertz CT molecular complexity index is 565. The third-order valence-corrected chi connectivity index (χ3v) is 3.00. The molecule has 6 heteroatoms. The van der Waals surface area contributed by atoms with Crippen LogP contribution in [-0.4, -0.2) is 28.6 Å². The van der Waals surface area contributed by atoms with Crippen molar-refractivity contribution in [2.45, 2.75) is 19.9 Å². The number of pyridine rings is 1. The number of carbonyl (C=O) groups excluding carboxylic acids is 1. The summed E-state index contributed by atoms with van der Waals surface area (Å²) >= 11 is 0. The molecule has 0 fully saturated rings. The molecule has 1 N–H and O–H groups in total. The van der Waals surface area contributed by atoms with Crippen LogP contribution in [0.1, 0.15) is 13.3 Å². The van der Waals surface area contributed by atoms with E-state index in [0.717, 1.165) is 0 Å². The van der Waals surface area contributed by atoms with Gasteiger partial charge in [-0.15, -0.1) is 0 Å². The average molecular weight is 265 g/mol. The number of nitrogens with one attached hydrogen (secondary N) is 1. The van der Waals surface area contributed by atoms with Crippen molar-refractivity contribution in [1.82, 2.24) is 9.47 Å². The molecule has 0 radical (unpaired) electrons. The summed E-state index contributed by atoms with van der Waals surface area (Å²) in [6, 6.07) is 2.79. The van der Waals surface area contributed by atoms with E-state index >= 15 is 0 Å². The Morgan fingerprint density at radius 3 is 3.00 bits per heavy atom. The Balaban J connectivity index is 2.11. The number of halogens is 1. The maximum absolute atomic E-state index is 13.1. The number of rotatable bonds is 2. The molecule has 2 rings (SSSR count). The molecule has 0 aliphatic carbocycles. The first-order valence-corrected chi connectivity index (χ1v) is 6.21. The van der Waals surface area contributed by atoms with Gasteiger partial charge in [0.05, 0.1) is 6.54 Å². The van der Waals surface area contributed by atoms with Crippen molar-refractivity contribution in [2.24, 2.45) is 0 Å². The number of carbonyl (C=O) groups is 1. The monoisotopic (exact) mass is 265 g/mol. The van der Waals surface area contributed by atoms with Crippen LogP contribution in [0.2, 0.25) is 0 Å². The quantitative estimate of drug-likeness (QED) is 0.888. The van der Waals surface area contributed by atoms with E-state index in [1.807, 2.05) is 6.92 Å². The minimum absolute atomic E-state index is 0.0410. The Kier molecular flexibility index (Phi) is 3.99. The molecule has 1 aliphatic rings. The van der Waals surface area contributed by atoms with Crippen LogP contribution < -0.4 is 10.9 Å². The fourth-order valence-electron chi connectivity index (χ4n) is 1.95. The first kappa shape index (κ1) is 13.3. The minimum atomic E-state index is -0.450. The first-order valence-electron chi connectivity index (χ1n) is 6.21. The lowest BCUT2D eigenvalue weighted by atomic mass is 10.2. The maximum Gasteiger partial charge on any atom is 0.322 e. The molecule has 2 heterocycles. The van der Waals surface area contributed by atoms with Crippen LogP contribution >= 0.6 is 0 Å². The van der Waals surface area contributed by atoms with Crippen molar-refractivity contribution in [2.75, 3.05) is 18.4 Å². The second kappa shape index (κ2) is 5.69. The summed E-state index contributed by atoms with van der Waals surface area (Å²) in [6.45, 7) is 2.79. The lowest BCUT2D eigenvalue weighted by molar-refractivity contribution is 0.210. The zero-order chi connectivity index (χ0) is 13.8. The average Bonchev–Trinajstić information content (AvgIpc) is 2.41. The molecule has 0 aromatic carbocycles. The molecule has 1 aromatic heterocycles. The zero-order valence-electron chi connectivity index (χ0n) is 10.7. The molecule has 0 saturated heterocycles. The van der Waals surface area contributed by atoms with Gasteiger partial charge in [0.15, 0.2) is 0 Å². The highest BCUT2D eigenvalue weighted by atomic mass is 19.1. The lowest BCUT2D eigenvalue weighted by Crippen LogP contribution is -2.39. The van der Waals surface area contributed by atoms with Crippen LogP contribution in [0.4, 0.5) is 14.9 Å². The molecule has 0 bridgehead atoms. The third-order valence-electron chi connectivity index (χ3n) is 3.00. The smallest absolute Gasteiger partial charge is 0.318 e. The Labute approximate surface area is 110 Å². The number of urea groups is 1. The van der Waals surface area contributed by atoms with Gasteiger partial charge in [-0.3, -0.25) is 4.79 Å².